The quantitative estimate of drug-likeness (QED) is 0.719. The lowest BCUT2D eigenvalue weighted by atomic mass is 10.0. The molecule has 0 aliphatic carbocycles. The summed E-state index contributed by atoms with van der Waals surface area (Å²) >= 11 is 0. The van der Waals surface area contributed by atoms with E-state index in [1.165, 1.54) is 37.9 Å². The second-order valence-corrected chi connectivity index (χ2v) is 7.95. The van der Waals surface area contributed by atoms with E-state index in [2.05, 4.69) is 27.4 Å². The molecule has 2 heterocycles. The Balaban J connectivity index is 1.27. The Bertz CT molecular complexity index is 594. The standard InChI is InChI=1S/C21H33FN4O/c1-17-5-2-3-12-25(17)13-4-11-23-21(27)24-15-18-10-14-26(16-18)20-8-6-19(22)7-9-20/h6-9,17-18H,2-5,10-16H2,1H3,(H2,23,24,27)/t17-,18-/m1/s1. The van der Waals surface area contributed by atoms with E-state index in [0.717, 1.165) is 44.7 Å². The summed E-state index contributed by atoms with van der Waals surface area (Å²) in [6.45, 7) is 7.83. The van der Waals surface area contributed by atoms with Crippen LogP contribution in [0, 0.1) is 11.7 Å². The van der Waals surface area contributed by atoms with E-state index in [1.54, 1.807) is 0 Å². The van der Waals surface area contributed by atoms with Gasteiger partial charge < -0.3 is 20.4 Å². The fourth-order valence-corrected chi connectivity index (χ4v) is 4.16. The van der Waals surface area contributed by atoms with Gasteiger partial charge in [-0.1, -0.05) is 6.42 Å². The fourth-order valence-electron chi connectivity index (χ4n) is 4.16. The van der Waals surface area contributed by atoms with Gasteiger partial charge in [0.1, 0.15) is 5.82 Å². The molecule has 0 saturated carbocycles. The summed E-state index contributed by atoms with van der Waals surface area (Å²) in [5.41, 5.74) is 1.05. The molecule has 2 aliphatic rings. The van der Waals surface area contributed by atoms with Crippen LogP contribution in [0.4, 0.5) is 14.9 Å². The molecule has 2 N–H and O–H groups in total. The molecular formula is C21H33FN4O. The number of nitrogens with one attached hydrogen (secondary N) is 2. The maximum Gasteiger partial charge on any atom is 0.314 e. The lowest BCUT2D eigenvalue weighted by molar-refractivity contribution is 0.159. The van der Waals surface area contributed by atoms with Gasteiger partial charge in [-0.2, -0.15) is 0 Å². The number of piperidine rings is 1. The Morgan fingerprint density at radius 2 is 1.96 bits per heavy atom. The van der Waals surface area contributed by atoms with Crippen molar-refractivity contribution in [2.45, 2.75) is 45.1 Å². The molecule has 1 aromatic rings. The van der Waals surface area contributed by atoms with E-state index in [-0.39, 0.29) is 11.8 Å². The summed E-state index contributed by atoms with van der Waals surface area (Å²) in [5.74, 6) is 0.234. The average Bonchev–Trinajstić information content (AvgIpc) is 3.14. The largest absolute Gasteiger partial charge is 0.371 e. The number of likely N-dealkylation sites (tertiary alicyclic amines) is 1. The molecule has 0 radical (unpaired) electrons. The van der Waals surface area contributed by atoms with Crippen LogP contribution in [0.15, 0.2) is 24.3 Å². The monoisotopic (exact) mass is 376 g/mol. The third-order valence-electron chi connectivity index (χ3n) is 5.88. The number of urea groups is 1. The van der Waals surface area contributed by atoms with Crippen molar-refractivity contribution in [3.05, 3.63) is 30.1 Å². The third kappa shape index (κ3) is 6.09. The van der Waals surface area contributed by atoms with Gasteiger partial charge in [0.2, 0.25) is 0 Å². The molecule has 0 aromatic heterocycles. The molecule has 6 heteroatoms. The number of amides is 2. The number of halogens is 1. The maximum absolute atomic E-state index is 13.0. The Labute approximate surface area is 162 Å². The molecule has 0 unspecified atom stereocenters. The molecular weight excluding hydrogens is 343 g/mol. The maximum atomic E-state index is 13.0. The smallest absolute Gasteiger partial charge is 0.314 e. The van der Waals surface area contributed by atoms with E-state index in [0.29, 0.717) is 18.5 Å². The Morgan fingerprint density at radius 3 is 2.74 bits per heavy atom. The minimum absolute atomic E-state index is 0.0677. The number of hydrogen-bond acceptors (Lipinski definition) is 3. The van der Waals surface area contributed by atoms with Crippen molar-refractivity contribution < 1.29 is 9.18 Å². The highest BCUT2D eigenvalue weighted by atomic mass is 19.1. The van der Waals surface area contributed by atoms with Crippen molar-refractivity contribution in [2.24, 2.45) is 5.92 Å². The van der Waals surface area contributed by atoms with Crippen LogP contribution in [0.1, 0.15) is 39.0 Å². The molecule has 5 nitrogen and oxygen atoms in total. The van der Waals surface area contributed by atoms with Crippen LogP contribution in [-0.4, -0.2) is 56.2 Å². The molecule has 2 fully saturated rings. The lowest BCUT2D eigenvalue weighted by Crippen LogP contribution is -2.41. The van der Waals surface area contributed by atoms with Crippen LogP contribution in [0.5, 0.6) is 0 Å². The zero-order valence-corrected chi connectivity index (χ0v) is 16.4. The molecule has 2 saturated heterocycles. The molecule has 150 valence electrons. The summed E-state index contributed by atoms with van der Waals surface area (Å²) in [6, 6.07) is 7.25. The van der Waals surface area contributed by atoms with Crippen molar-refractivity contribution >= 4 is 11.7 Å². The van der Waals surface area contributed by atoms with Crippen molar-refractivity contribution in [2.75, 3.05) is 44.2 Å². The molecule has 27 heavy (non-hydrogen) atoms. The minimum Gasteiger partial charge on any atom is -0.371 e. The highest BCUT2D eigenvalue weighted by molar-refractivity contribution is 5.73. The molecule has 2 amide bonds. The summed E-state index contributed by atoms with van der Waals surface area (Å²) < 4.78 is 13.0. The number of anilines is 1. The highest BCUT2D eigenvalue weighted by Gasteiger charge is 2.23. The first-order valence-corrected chi connectivity index (χ1v) is 10.4. The van der Waals surface area contributed by atoms with Crippen molar-refractivity contribution in [1.29, 1.82) is 0 Å². The summed E-state index contributed by atoms with van der Waals surface area (Å²) in [6.07, 6.45) is 5.99. The van der Waals surface area contributed by atoms with E-state index < -0.39 is 0 Å². The van der Waals surface area contributed by atoms with Crippen LogP contribution in [0.25, 0.3) is 0 Å². The van der Waals surface area contributed by atoms with Gasteiger partial charge in [0.15, 0.2) is 0 Å². The lowest BCUT2D eigenvalue weighted by Gasteiger charge is -2.33. The average molecular weight is 377 g/mol. The second kappa shape index (κ2) is 9.93. The highest BCUT2D eigenvalue weighted by Crippen LogP contribution is 2.23. The predicted octanol–water partition coefficient (Wildman–Crippen LogP) is 3.22. The van der Waals surface area contributed by atoms with Crippen LogP contribution in [0.2, 0.25) is 0 Å². The van der Waals surface area contributed by atoms with Gasteiger partial charge in [0, 0.05) is 44.5 Å². The molecule has 0 spiro atoms. The summed E-state index contributed by atoms with van der Waals surface area (Å²) in [4.78, 5) is 16.8. The molecule has 0 bridgehead atoms. The SMILES string of the molecule is C[C@@H]1CCCCN1CCCNC(=O)NC[C@H]1CCN(c2ccc(F)cc2)C1. The zero-order valence-electron chi connectivity index (χ0n) is 16.4. The zero-order chi connectivity index (χ0) is 19.1. The van der Waals surface area contributed by atoms with Crippen molar-refractivity contribution in [3.63, 3.8) is 0 Å². The van der Waals surface area contributed by atoms with Crippen LogP contribution in [0.3, 0.4) is 0 Å². The van der Waals surface area contributed by atoms with Crippen LogP contribution in [-0.2, 0) is 0 Å². The van der Waals surface area contributed by atoms with Gasteiger partial charge >= 0.3 is 6.03 Å². The molecule has 1 aromatic carbocycles. The minimum atomic E-state index is -0.206. The summed E-state index contributed by atoms with van der Waals surface area (Å²) in [7, 11) is 0. The first-order valence-electron chi connectivity index (χ1n) is 10.4. The second-order valence-electron chi connectivity index (χ2n) is 7.95. The Kier molecular flexibility index (Phi) is 7.33. The topological polar surface area (TPSA) is 47.6 Å². The number of nitrogens with zero attached hydrogens (tertiary/aromatic N) is 2. The van der Waals surface area contributed by atoms with Crippen LogP contribution >= 0.6 is 0 Å². The van der Waals surface area contributed by atoms with Gasteiger partial charge in [-0.05, 0) is 69.3 Å². The number of benzene rings is 1. The van der Waals surface area contributed by atoms with E-state index in [9.17, 15) is 9.18 Å². The Hall–Kier alpha value is -1.82. The number of rotatable bonds is 7. The predicted molar refractivity (Wildman–Crippen MR) is 108 cm³/mol. The van der Waals surface area contributed by atoms with E-state index in [1.807, 2.05) is 12.1 Å². The molecule has 2 atom stereocenters. The van der Waals surface area contributed by atoms with Crippen molar-refractivity contribution in [1.82, 2.24) is 15.5 Å². The Morgan fingerprint density at radius 1 is 1.15 bits per heavy atom. The van der Waals surface area contributed by atoms with Crippen molar-refractivity contribution in [3.8, 4) is 0 Å². The van der Waals surface area contributed by atoms with Gasteiger partial charge in [0.25, 0.3) is 0 Å². The third-order valence-corrected chi connectivity index (χ3v) is 5.88. The number of carbonyl (C=O) groups is 1. The summed E-state index contributed by atoms with van der Waals surface area (Å²) in [5, 5.41) is 5.98. The first-order chi connectivity index (χ1) is 13.1. The molecule has 3 rings (SSSR count). The van der Waals surface area contributed by atoms with E-state index in [4.69, 9.17) is 0 Å². The van der Waals surface area contributed by atoms with Crippen LogP contribution < -0.4 is 15.5 Å². The van der Waals surface area contributed by atoms with E-state index >= 15 is 0 Å². The normalized spacial score (nSPS) is 23.4. The van der Waals surface area contributed by atoms with Gasteiger partial charge in [0.05, 0.1) is 0 Å². The first kappa shape index (κ1) is 19.9. The van der Waals surface area contributed by atoms with Gasteiger partial charge in [-0.25, -0.2) is 9.18 Å². The number of hydrogen-bond donors (Lipinski definition) is 2. The fraction of sp³-hybridized carbons (Fsp3) is 0.667. The van der Waals surface area contributed by atoms with Gasteiger partial charge in [-0.15, -0.1) is 0 Å². The number of carbonyl (C=O) groups excluding carboxylic acids is 1. The van der Waals surface area contributed by atoms with Gasteiger partial charge in [-0.3, -0.25) is 0 Å². The molecule has 2 aliphatic heterocycles.